The maximum atomic E-state index is 11.8. The van der Waals surface area contributed by atoms with Gasteiger partial charge in [-0.3, -0.25) is 0 Å². The Kier molecular flexibility index (Phi) is 3.64. The molecule has 0 aliphatic heterocycles. The molecule has 3 nitrogen and oxygen atoms in total. The molecular weight excluding hydrogens is 236 g/mol. The van der Waals surface area contributed by atoms with Gasteiger partial charge in [0.05, 0.1) is 6.10 Å². The van der Waals surface area contributed by atoms with E-state index in [1.807, 2.05) is 19.9 Å². The summed E-state index contributed by atoms with van der Waals surface area (Å²) in [5.74, 6) is 0.398. The molecule has 1 aromatic heterocycles. The fraction of sp³-hybridized carbons (Fsp3) is 0.462. The Bertz CT molecular complexity index is 436. The lowest BCUT2D eigenvalue weighted by atomic mass is 10.3. The van der Waals surface area contributed by atoms with E-state index in [2.05, 4.69) is 6.58 Å². The third-order valence-electron chi connectivity index (χ3n) is 2.69. The Labute approximate surface area is 105 Å². The maximum Gasteiger partial charge on any atom is 0.353 e. The summed E-state index contributed by atoms with van der Waals surface area (Å²) in [7, 11) is 0. The van der Waals surface area contributed by atoms with Crippen molar-refractivity contribution in [2.75, 3.05) is 6.61 Å². The van der Waals surface area contributed by atoms with Crippen molar-refractivity contribution < 1.29 is 14.3 Å². The van der Waals surface area contributed by atoms with Crippen molar-refractivity contribution in [1.29, 1.82) is 0 Å². The van der Waals surface area contributed by atoms with Gasteiger partial charge < -0.3 is 9.47 Å². The molecule has 0 saturated heterocycles. The zero-order chi connectivity index (χ0) is 12.4. The third-order valence-corrected chi connectivity index (χ3v) is 3.67. The largest absolute Gasteiger partial charge is 0.427 e. The Morgan fingerprint density at radius 2 is 2.35 bits per heavy atom. The van der Waals surface area contributed by atoms with Crippen LogP contribution in [-0.2, 0) is 9.47 Å². The number of carbonyl (C=O) groups excluding carboxylic acids is 1. The first kappa shape index (κ1) is 12.3. The van der Waals surface area contributed by atoms with Gasteiger partial charge in [0.15, 0.2) is 0 Å². The minimum absolute atomic E-state index is 0.181. The molecule has 1 aliphatic rings. The van der Waals surface area contributed by atoms with Crippen LogP contribution in [0.15, 0.2) is 24.5 Å². The van der Waals surface area contributed by atoms with Crippen LogP contribution < -0.4 is 0 Å². The first-order chi connectivity index (χ1) is 8.11. The van der Waals surface area contributed by atoms with Crippen LogP contribution in [0.25, 0.3) is 0 Å². The van der Waals surface area contributed by atoms with E-state index in [4.69, 9.17) is 9.47 Å². The number of hydrogen-bond acceptors (Lipinski definition) is 4. The molecule has 1 fully saturated rings. The second kappa shape index (κ2) is 5.02. The molecule has 1 saturated carbocycles. The topological polar surface area (TPSA) is 35.5 Å². The molecule has 0 unspecified atom stereocenters. The van der Waals surface area contributed by atoms with E-state index < -0.39 is 0 Å². The van der Waals surface area contributed by atoms with Crippen molar-refractivity contribution in [2.24, 2.45) is 5.92 Å². The maximum absolute atomic E-state index is 11.8. The molecule has 0 radical (unpaired) electrons. The number of rotatable bonds is 5. The van der Waals surface area contributed by atoms with Crippen LogP contribution in [0.5, 0.6) is 0 Å². The lowest BCUT2D eigenvalue weighted by molar-refractivity contribution is 0.0590. The number of ether oxygens (including phenoxy) is 2. The molecule has 0 aromatic carbocycles. The number of aryl methyl sites for hydroxylation is 1. The minimum Gasteiger partial charge on any atom is -0.427 e. The number of esters is 1. The van der Waals surface area contributed by atoms with Crippen LogP contribution in [0.1, 0.15) is 27.9 Å². The SMILES string of the molecule is C=C(OC(=O)c1ccc(C)s1)[C@@H]1C[C@H]1OCC. The van der Waals surface area contributed by atoms with Crippen LogP contribution in [0.3, 0.4) is 0 Å². The van der Waals surface area contributed by atoms with E-state index in [0.29, 0.717) is 17.2 Å². The average molecular weight is 252 g/mol. The summed E-state index contributed by atoms with van der Waals surface area (Å²) in [6.45, 7) is 8.41. The monoisotopic (exact) mass is 252 g/mol. The third kappa shape index (κ3) is 2.96. The summed E-state index contributed by atoms with van der Waals surface area (Å²) < 4.78 is 10.7. The lowest BCUT2D eigenvalue weighted by Crippen LogP contribution is -2.06. The highest BCUT2D eigenvalue weighted by molar-refractivity contribution is 7.13. The first-order valence-corrected chi connectivity index (χ1v) is 6.52. The van der Waals surface area contributed by atoms with Crippen molar-refractivity contribution in [1.82, 2.24) is 0 Å². The second-order valence-electron chi connectivity index (χ2n) is 4.10. The molecule has 1 aromatic rings. The van der Waals surface area contributed by atoms with Gasteiger partial charge in [0.2, 0.25) is 0 Å². The van der Waals surface area contributed by atoms with Crippen molar-refractivity contribution in [3.63, 3.8) is 0 Å². The fourth-order valence-electron chi connectivity index (χ4n) is 1.70. The normalized spacial score (nSPS) is 22.2. The van der Waals surface area contributed by atoms with E-state index in [9.17, 15) is 4.79 Å². The number of carbonyl (C=O) groups is 1. The molecule has 1 aliphatic carbocycles. The Morgan fingerprint density at radius 3 is 2.94 bits per heavy atom. The molecule has 0 bridgehead atoms. The van der Waals surface area contributed by atoms with Gasteiger partial charge in [0, 0.05) is 17.4 Å². The molecule has 4 heteroatoms. The molecule has 2 rings (SSSR count). The minimum atomic E-state index is -0.310. The van der Waals surface area contributed by atoms with Gasteiger partial charge in [-0.15, -0.1) is 11.3 Å². The van der Waals surface area contributed by atoms with E-state index in [-0.39, 0.29) is 18.0 Å². The Hall–Kier alpha value is -1.13. The molecule has 1 heterocycles. The van der Waals surface area contributed by atoms with Crippen molar-refractivity contribution in [3.8, 4) is 0 Å². The summed E-state index contributed by atoms with van der Waals surface area (Å²) in [6.07, 6.45) is 1.09. The van der Waals surface area contributed by atoms with Gasteiger partial charge in [0.1, 0.15) is 10.6 Å². The van der Waals surface area contributed by atoms with Crippen LogP contribution in [0.4, 0.5) is 0 Å². The van der Waals surface area contributed by atoms with Gasteiger partial charge in [0.25, 0.3) is 0 Å². The van der Waals surface area contributed by atoms with Crippen LogP contribution in [0.2, 0.25) is 0 Å². The summed E-state index contributed by atoms with van der Waals surface area (Å²) in [6, 6.07) is 3.69. The molecule has 0 spiro atoms. The van der Waals surface area contributed by atoms with E-state index >= 15 is 0 Å². The van der Waals surface area contributed by atoms with Gasteiger partial charge >= 0.3 is 5.97 Å². The van der Waals surface area contributed by atoms with Gasteiger partial charge in [-0.05, 0) is 32.4 Å². The first-order valence-electron chi connectivity index (χ1n) is 5.70. The summed E-state index contributed by atoms with van der Waals surface area (Å²) in [5.41, 5.74) is 0. The van der Waals surface area contributed by atoms with E-state index in [1.165, 1.54) is 11.3 Å². The molecular formula is C13H16O3S. The summed E-state index contributed by atoms with van der Waals surface area (Å²) >= 11 is 1.43. The summed E-state index contributed by atoms with van der Waals surface area (Å²) in [5, 5.41) is 0. The average Bonchev–Trinajstić information content (AvgIpc) is 2.91. The predicted molar refractivity (Wildman–Crippen MR) is 67.1 cm³/mol. The number of thiophene rings is 1. The van der Waals surface area contributed by atoms with Gasteiger partial charge in [-0.2, -0.15) is 0 Å². The van der Waals surface area contributed by atoms with Crippen LogP contribution >= 0.6 is 11.3 Å². The van der Waals surface area contributed by atoms with Crippen LogP contribution in [0, 0.1) is 12.8 Å². The van der Waals surface area contributed by atoms with Crippen molar-refractivity contribution in [2.45, 2.75) is 26.4 Å². The van der Waals surface area contributed by atoms with Crippen molar-refractivity contribution >= 4 is 17.3 Å². The highest BCUT2D eigenvalue weighted by Crippen LogP contribution is 2.40. The quantitative estimate of drug-likeness (QED) is 0.596. The van der Waals surface area contributed by atoms with Gasteiger partial charge in [-0.25, -0.2) is 4.79 Å². The van der Waals surface area contributed by atoms with E-state index in [1.54, 1.807) is 6.07 Å². The zero-order valence-corrected chi connectivity index (χ0v) is 10.9. The summed E-state index contributed by atoms with van der Waals surface area (Å²) in [4.78, 5) is 13.5. The molecule has 92 valence electrons. The fourth-order valence-corrected chi connectivity index (χ4v) is 2.44. The molecule has 0 amide bonds. The highest BCUT2D eigenvalue weighted by Gasteiger charge is 2.42. The zero-order valence-electron chi connectivity index (χ0n) is 10.1. The number of hydrogen-bond donors (Lipinski definition) is 0. The van der Waals surface area contributed by atoms with Crippen molar-refractivity contribution in [3.05, 3.63) is 34.2 Å². The predicted octanol–water partition coefficient (Wildman–Crippen LogP) is 3.15. The Morgan fingerprint density at radius 1 is 1.59 bits per heavy atom. The molecule has 0 N–H and O–H groups in total. The standard InChI is InChI=1S/C13H16O3S/c1-4-15-11-7-10(11)9(3)16-13(14)12-6-5-8(2)17-12/h5-6,10-11H,3-4,7H2,1-2H3/t10-,11+/m0/s1. The van der Waals surface area contributed by atoms with Crippen LogP contribution in [-0.4, -0.2) is 18.7 Å². The lowest BCUT2D eigenvalue weighted by Gasteiger charge is -2.05. The molecule has 2 atom stereocenters. The highest BCUT2D eigenvalue weighted by atomic mass is 32.1. The smallest absolute Gasteiger partial charge is 0.353 e. The Balaban J connectivity index is 1.86. The van der Waals surface area contributed by atoms with Gasteiger partial charge in [-0.1, -0.05) is 6.58 Å². The van der Waals surface area contributed by atoms with E-state index in [0.717, 1.165) is 11.3 Å². The molecule has 17 heavy (non-hydrogen) atoms. The second-order valence-corrected chi connectivity index (χ2v) is 5.39.